The number of carbonyl (C=O) groups excluding carboxylic acids is 1. The summed E-state index contributed by atoms with van der Waals surface area (Å²) in [5.41, 5.74) is 1.94. The molecule has 4 heterocycles. The summed E-state index contributed by atoms with van der Waals surface area (Å²) in [7, 11) is 2.00. The molecule has 0 bridgehead atoms. The van der Waals surface area contributed by atoms with E-state index in [1.807, 2.05) is 30.9 Å². The molecular formula is C18H22N3O4S+. The number of imidazole rings is 1. The van der Waals surface area contributed by atoms with Crippen LogP contribution in [0.1, 0.15) is 31.3 Å². The Hall–Kier alpha value is -2.19. The number of aliphatic carboxylic acids is 1. The Labute approximate surface area is 154 Å². The van der Waals surface area contributed by atoms with E-state index in [9.17, 15) is 19.8 Å². The van der Waals surface area contributed by atoms with Crippen LogP contribution < -0.4 is 4.40 Å². The van der Waals surface area contributed by atoms with Gasteiger partial charge < -0.3 is 15.1 Å². The fourth-order valence-corrected chi connectivity index (χ4v) is 5.87. The first-order valence-corrected chi connectivity index (χ1v) is 9.57. The fourth-order valence-electron chi connectivity index (χ4n) is 4.49. The van der Waals surface area contributed by atoms with Gasteiger partial charge in [-0.2, -0.15) is 4.40 Å². The van der Waals surface area contributed by atoms with Gasteiger partial charge in [-0.25, -0.2) is 9.36 Å². The van der Waals surface area contributed by atoms with Gasteiger partial charge in [0.05, 0.1) is 30.0 Å². The number of carboxylic acid groups (broad SMARTS) is 1. The first-order chi connectivity index (χ1) is 12.3. The van der Waals surface area contributed by atoms with Crippen molar-refractivity contribution in [3.8, 4) is 0 Å². The van der Waals surface area contributed by atoms with Crippen molar-refractivity contribution in [2.24, 2.45) is 18.9 Å². The molecule has 8 heteroatoms. The number of hydrogen-bond donors (Lipinski definition) is 2. The lowest BCUT2D eigenvalue weighted by Crippen LogP contribution is -2.63. The fraction of sp³-hybridized carbons (Fsp3) is 0.500. The van der Waals surface area contributed by atoms with Gasteiger partial charge in [-0.3, -0.25) is 4.79 Å². The Balaban J connectivity index is 1.86. The van der Waals surface area contributed by atoms with Crippen LogP contribution in [0.4, 0.5) is 0 Å². The van der Waals surface area contributed by atoms with Crippen LogP contribution in [0.15, 0.2) is 18.2 Å². The van der Waals surface area contributed by atoms with E-state index in [0.717, 1.165) is 16.1 Å². The summed E-state index contributed by atoms with van der Waals surface area (Å²) in [6, 6.07) is -0.285. The molecule has 2 aliphatic heterocycles. The lowest BCUT2D eigenvalue weighted by molar-refractivity contribution is -0.508. The number of fused-ring (bicyclic) bond motifs is 2. The number of carbonyl (C=O) groups is 2. The van der Waals surface area contributed by atoms with Crippen LogP contribution in [0, 0.1) is 11.8 Å². The molecule has 1 fully saturated rings. The molecule has 1 amide bonds. The van der Waals surface area contributed by atoms with Gasteiger partial charge in [-0.1, -0.05) is 25.2 Å². The number of amides is 1. The highest BCUT2D eigenvalue weighted by Gasteiger charge is 2.60. The number of carboxylic acids is 1. The van der Waals surface area contributed by atoms with Crippen molar-refractivity contribution in [1.82, 2.24) is 9.47 Å². The quantitative estimate of drug-likeness (QED) is 0.617. The molecule has 0 radical (unpaired) electrons. The summed E-state index contributed by atoms with van der Waals surface area (Å²) in [5.74, 6) is -2.06. The highest BCUT2D eigenvalue weighted by atomic mass is 32.1. The van der Waals surface area contributed by atoms with Gasteiger partial charge in [0, 0.05) is 17.9 Å². The van der Waals surface area contributed by atoms with Crippen LogP contribution >= 0.6 is 11.3 Å². The molecule has 0 aliphatic carbocycles. The van der Waals surface area contributed by atoms with Crippen LogP contribution in [0.3, 0.4) is 0 Å². The molecule has 0 aromatic carbocycles. The molecule has 138 valence electrons. The summed E-state index contributed by atoms with van der Waals surface area (Å²) < 4.78 is 4.09. The number of thiazole rings is 1. The lowest BCUT2D eigenvalue weighted by atomic mass is 9.77. The number of aryl methyl sites for hydroxylation is 2. The van der Waals surface area contributed by atoms with Crippen LogP contribution in [-0.4, -0.2) is 43.7 Å². The highest BCUT2D eigenvalue weighted by molar-refractivity contribution is 7.18. The van der Waals surface area contributed by atoms with Crippen LogP contribution in [0.25, 0.3) is 10.4 Å². The van der Waals surface area contributed by atoms with Crippen molar-refractivity contribution in [1.29, 1.82) is 0 Å². The minimum absolute atomic E-state index is 0.0660. The first-order valence-electron chi connectivity index (χ1n) is 8.75. The average Bonchev–Trinajstić information content (AvgIpc) is 3.14. The Morgan fingerprint density at radius 2 is 2.15 bits per heavy atom. The number of aliphatic hydroxyl groups excluding tert-OH is 1. The molecule has 1 saturated heterocycles. The molecule has 26 heavy (non-hydrogen) atoms. The largest absolute Gasteiger partial charge is 0.477 e. The number of aliphatic hydroxyl groups is 1. The molecule has 0 unspecified atom stereocenters. The van der Waals surface area contributed by atoms with E-state index < -0.39 is 18.0 Å². The maximum Gasteiger partial charge on any atom is 0.352 e. The zero-order chi connectivity index (χ0) is 18.9. The number of hydrogen-bond acceptors (Lipinski definition) is 4. The topological polar surface area (TPSA) is 86.9 Å². The predicted molar refractivity (Wildman–Crippen MR) is 95.4 cm³/mol. The lowest BCUT2D eigenvalue weighted by Gasteiger charge is -2.46. The van der Waals surface area contributed by atoms with Gasteiger partial charge in [0.15, 0.2) is 5.69 Å². The van der Waals surface area contributed by atoms with Gasteiger partial charge in [-0.15, -0.1) is 0 Å². The molecule has 4 atom stereocenters. The standard InChI is InChI=1S/C18H21N3O4S/c1-5-10-17-20(7-19(10)4)6-11(26-17)12-8(2)14-13(9(3)22)16(23)21(14)15(12)18(24)25/h6-9,13-14,22H,5H2,1-4H3/p+1/t8-,9+,13+,14+/m0/s1. The monoisotopic (exact) mass is 376 g/mol. The first kappa shape index (κ1) is 17.2. The summed E-state index contributed by atoms with van der Waals surface area (Å²) >= 11 is 1.55. The van der Waals surface area contributed by atoms with Crippen molar-refractivity contribution >= 4 is 33.6 Å². The normalized spacial score (nSPS) is 26.4. The molecule has 4 rings (SSSR count). The summed E-state index contributed by atoms with van der Waals surface area (Å²) in [6.07, 6.45) is 4.02. The minimum Gasteiger partial charge on any atom is -0.477 e. The number of β-lactam (4-membered cyclic amide) rings is 1. The Morgan fingerprint density at radius 1 is 1.46 bits per heavy atom. The third kappa shape index (κ3) is 2.05. The molecule has 2 N–H and O–H groups in total. The second-order valence-corrected chi connectivity index (χ2v) is 8.19. The highest BCUT2D eigenvalue weighted by Crippen LogP contribution is 2.51. The molecule has 7 nitrogen and oxygen atoms in total. The van der Waals surface area contributed by atoms with Crippen LogP contribution in [0.2, 0.25) is 0 Å². The zero-order valence-electron chi connectivity index (χ0n) is 15.1. The van der Waals surface area contributed by atoms with Gasteiger partial charge in [-0.05, 0) is 6.92 Å². The van der Waals surface area contributed by atoms with Crippen LogP contribution in [0.5, 0.6) is 0 Å². The maximum atomic E-state index is 12.5. The number of nitrogens with zero attached hydrogens (tertiary/aromatic N) is 3. The number of rotatable bonds is 4. The summed E-state index contributed by atoms with van der Waals surface area (Å²) in [5, 5.41) is 19.7. The summed E-state index contributed by atoms with van der Waals surface area (Å²) in [6.45, 7) is 5.63. The van der Waals surface area contributed by atoms with E-state index in [1.54, 1.807) is 18.3 Å². The molecule has 0 spiro atoms. The molecule has 2 aromatic rings. The van der Waals surface area contributed by atoms with Crippen molar-refractivity contribution in [3.05, 3.63) is 28.8 Å². The molecule has 2 aromatic heterocycles. The van der Waals surface area contributed by atoms with E-state index >= 15 is 0 Å². The van der Waals surface area contributed by atoms with Gasteiger partial charge in [0.2, 0.25) is 17.1 Å². The van der Waals surface area contributed by atoms with E-state index in [4.69, 9.17) is 0 Å². The minimum atomic E-state index is -1.09. The molecular weight excluding hydrogens is 354 g/mol. The zero-order valence-corrected chi connectivity index (χ0v) is 15.9. The molecule has 0 saturated carbocycles. The molecule has 2 aliphatic rings. The van der Waals surface area contributed by atoms with Gasteiger partial charge >= 0.3 is 5.97 Å². The van der Waals surface area contributed by atoms with E-state index in [0.29, 0.717) is 5.57 Å². The Bertz CT molecular complexity index is 971. The third-order valence-corrected chi connectivity index (χ3v) is 6.83. The van der Waals surface area contributed by atoms with Crippen molar-refractivity contribution in [3.63, 3.8) is 0 Å². The van der Waals surface area contributed by atoms with Gasteiger partial charge in [0.25, 0.3) is 0 Å². The average molecular weight is 376 g/mol. The maximum absolute atomic E-state index is 12.5. The van der Waals surface area contributed by atoms with Crippen LogP contribution in [-0.2, 0) is 23.1 Å². The number of aromatic nitrogens is 2. The van der Waals surface area contributed by atoms with E-state index in [1.165, 1.54) is 10.6 Å². The Kier molecular flexibility index (Phi) is 3.75. The van der Waals surface area contributed by atoms with Crippen molar-refractivity contribution < 1.29 is 24.2 Å². The van der Waals surface area contributed by atoms with Crippen molar-refractivity contribution in [2.75, 3.05) is 0 Å². The van der Waals surface area contributed by atoms with E-state index in [-0.39, 0.29) is 23.6 Å². The van der Waals surface area contributed by atoms with Crippen molar-refractivity contribution in [2.45, 2.75) is 39.3 Å². The second kappa shape index (κ2) is 5.65. The second-order valence-electron chi connectivity index (χ2n) is 7.16. The smallest absolute Gasteiger partial charge is 0.352 e. The SMILES string of the molecule is CCc1c2sc(C3=C(C(=O)O)N4C(=O)[C@H]([C@@H](C)O)[C@H]4[C@H]3C)c[n+]2cn1C. The van der Waals surface area contributed by atoms with Gasteiger partial charge in [0.1, 0.15) is 11.9 Å². The third-order valence-electron chi connectivity index (χ3n) is 5.64. The summed E-state index contributed by atoms with van der Waals surface area (Å²) in [4.78, 5) is 27.7. The predicted octanol–water partition coefficient (Wildman–Crippen LogP) is 1.04. The van der Waals surface area contributed by atoms with E-state index in [2.05, 4.69) is 11.5 Å². The Morgan fingerprint density at radius 3 is 2.73 bits per heavy atom.